The van der Waals surface area contributed by atoms with Gasteiger partial charge in [0.1, 0.15) is 0 Å². The van der Waals surface area contributed by atoms with Gasteiger partial charge in [0.05, 0.1) is 17.9 Å². The van der Waals surface area contributed by atoms with Crippen LogP contribution < -0.4 is 0 Å². The highest BCUT2D eigenvalue weighted by atomic mass is 16.3. The van der Waals surface area contributed by atoms with Crippen molar-refractivity contribution in [3.05, 3.63) is 54.2 Å². The Balaban J connectivity index is 1.31. The molecular weight excluding hydrogens is 290 g/mol. The zero-order valence-electron chi connectivity index (χ0n) is 13.1. The maximum atomic E-state index is 12.6. The Labute approximate surface area is 135 Å². The van der Waals surface area contributed by atoms with Gasteiger partial charge in [0, 0.05) is 37.6 Å². The molecule has 0 saturated carbocycles. The van der Waals surface area contributed by atoms with Gasteiger partial charge in [0.2, 0.25) is 5.91 Å². The average Bonchev–Trinajstić information content (AvgIpc) is 3.10. The number of likely N-dealkylation sites (tertiary alicyclic amines) is 2. The first kappa shape index (κ1) is 14.5. The molecule has 4 rings (SSSR count). The van der Waals surface area contributed by atoms with E-state index in [0.29, 0.717) is 12.5 Å². The summed E-state index contributed by atoms with van der Waals surface area (Å²) in [5, 5.41) is 0. The smallest absolute Gasteiger partial charge is 0.231 e. The van der Waals surface area contributed by atoms with Crippen molar-refractivity contribution >= 4 is 5.91 Å². The maximum absolute atomic E-state index is 12.6. The second kappa shape index (κ2) is 5.81. The molecular formula is C18H21N3O2. The van der Waals surface area contributed by atoms with E-state index in [1.807, 2.05) is 29.3 Å². The molecule has 0 unspecified atom stereocenters. The third kappa shape index (κ3) is 2.77. The van der Waals surface area contributed by atoms with Crippen LogP contribution >= 0.6 is 0 Å². The lowest BCUT2D eigenvalue weighted by atomic mass is 9.71. The lowest BCUT2D eigenvalue weighted by Crippen LogP contribution is -2.64. The molecule has 5 nitrogen and oxygen atoms in total. The minimum Gasteiger partial charge on any atom is -0.472 e. The summed E-state index contributed by atoms with van der Waals surface area (Å²) in [5.74, 6) is 0.323. The van der Waals surface area contributed by atoms with Gasteiger partial charge in [-0.25, -0.2) is 0 Å². The second-order valence-corrected chi connectivity index (χ2v) is 6.71. The van der Waals surface area contributed by atoms with Crippen LogP contribution in [0.2, 0.25) is 0 Å². The molecule has 2 fully saturated rings. The van der Waals surface area contributed by atoms with E-state index in [0.717, 1.165) is 44.6 Å². The Morgan fingerprint density at radius 1 is 1.17 bits per heavy atom. The number of hydrogen-bond acceptors (Lipinski definition) is 4. The molecule has 2 aliphatic heterocycles. The number of carbonyl (C=O) groups is 1. The quantitative estimate of drug-likeness (QED) is 0.813. The molecule has 23 heavy (non-hydrogen) atoms. The molecule has 0 aromatic carbocycles. The molecule has 0 N–H and O–H groups in total. The number of piperidine rings is 1. The van der Waals surface area contributed by atoms with Crippen LogP contribution in [-0.2, 0) is 17.9 Å². The Hall–Kier alpha value is -2.14. The van der Waals surface area contributed by atoms with Crippen LogP contribution in [0.15, 0.2) is 47.5 Å². The average molecular weight is 311 g/mol. The largest absolute Gasteiger partial charge is 0.472 e. The fraction of sp³-hybridized carbons (Fsp3) is 0.444. The van der Waals surface area contributed by atoms with Gasteiger partial charge >= 0.3 is 0 Å². The van der Waals surface area contributed by atoms with E-state index in [9.17, 15) is 4.79 Å². The van der Waals surface area contributed by atoms with E-state index in [-0.39, 0.29) is 5.41 Å². The molecule has 1 amide bonds. The van der Waals surface area contributed by atoms with Crippen molar-refractivity contribution in [2.24, 2.45) is 5.41 Å². The molecule has 0 radical (unpaired) electrons. The fourth-order valence-electron chi connectivity index (χ4n) is 3.74. The minimum atomic E-state index is -0.102. The Morgan fingerprint density at radius 3 is 2.70 bits per heavy atom. The van der Waals surface area contributed by atoms with Crippen molar-refractivity contribution in [3.8, 4) is 0 Å². The third-order valence-corrected chi connectivity index (χ3v) is 5.13. The Morgan fingerprint density at radius 2 is 2.04 bits per heavy atom. The SMILES string of the molecule is O=C1N(Cc2cccnc2)CC12CCN(Cc1ccoc1)CC2. The molecule has 1 spiro atoms. The Kier molecular flexibility index (Phi) is 3.65. The van der Waals surface area contributed by atoms with Gasteiger partial charge in [-0.1, -0.05) is 6.07 Å². The van der Waals surface area contributed by atoms with Crippen LogP contribution in [0, 0.1) is 5.41 Å². The van der Waals surface area contributed by atoms with Crippen molar-refractivity contribution in [3.63, 3.8) is 0 Å². The van der Waals surface area contributed by atoms with Crippen molar-refractivity contribution in [2.75, 3.05) is 19.6 Å². The summed E-state index contributed by atoms with van der Waals surface area (Å²) < 4.78 is 5.12. The number of aromatic nitrogens is 1. The first-order chi connectivity index (χ1) is 11.3. The molecule has 2 aromatic rings. The summed E-state index contributed by atoms with van der Waals surface area (Å²) in [6, 6.07) is 5.96. The zero-order valence-corrected chi connectivity index (χ0v) is 13.1. The van der Waals surface area contributed by atoms with Crippen LogP contribution in [0.5, 0.6) is 0 Å². The van der Waals surface area contributed by atoms with E-state index < -0.39 is 0 Å². The molecule has 0 aliphatic carbocycles. The van der Waals surface area contributed by atoms with Crippen molar-refractivity contribution < 1.29 is 9.21 Å². The molecule has 2 saturated heterocycles. The minimum absolute atomic E-state index is 0.102. The topological polar surface area (TPSA) is 49.6 Å². The number of amides is 1. The van der Waals surface area contributed by atoms with Crippen molar-refractivity contribution in [1.29, 1.82) is 0 Å². The van der Waals surface area contributed by atoms with Crippen LogP contribution in [0.25, 0.3) is 0 Å². The van der Waals surface area contributed by atoms with E-state index in [2.05, 4.69) is 9.88 Å². The van der Waals surface area contributed by atoms with Gasteiger partial charge < -0.3 is 9.32 Å². The summed E-state index contributed by atoms with van der Waals surface area (Å²) in [6.45, 7) is 4.46. The summed E-state index contributed by atoms with van der Waals surface area (Å²) in [7, 11) is 0. The fourth-order valence-corrected chi connectivity index (χ4v) is 3.74. The van der Waals surface area contributed by atoms with Gasteiger partial charge in [-0.05, 0) is 43.6 Å². The lowest BCUT2D eigenvalue weighted by molar-refractivity contribution is -0.166. The van der Waals surface area contributed by atoms with Gasteiger partial charge in [0.25, 0.3) is 0 Å². The first-order valence-electron chi connectivity index (χ1n) is 8.17. The molecule has 120 valence electrons. The molecule has 0 atom stereocenters. The predicted molar refractivity (Wildman–Crippen MR) is 85.3 cm³/mol. The number of carbonyl (C=O) groups excluding carboxylic acids is 1. The highest BCUT2D eigenvalue weighted by molar-refractivity contribution is 5.88. The normalized spacial score (nSPS) is 20.7. The van der Waals surface area contributed by atoms with E-state index in [1.54, 1.807) is 18.7 Å². The number of nitrogens with zero attached hydrogens (tertiary/aromatic N) is 3. The van der Waals surface area contributed by atoms with Crippen LogP contribution in [0.1, 0.15) is 24.0 Å². The second-order valence-electron chi connectivity index (χ2n) is 6.71. The van der Waals surface area contributed by atoms with E-state index in [1.165, 1.54) is 5.56 Å². The third-order valence-electron chi connectivity index (χ3n) is 5.13. The van der Waals surface area contributed by atoms with Crippen LogP contribution in [-0.4, -0.2) is 40.3 Å². The van der Waals surface area contributed by atoms with Crippen molar-refractivity contribution in [2.45, 2.75) is 25.9 Å². The highest BCUT2D eigenvalue weighted by Crippen LogP contribution is 2.42. The summed E-state index contributed by atoms with van der Waals surface area (Å²) >= 11 is 0. The lowest BCUT2D eigenvalue weighted by Gasteiger charge is -2.52. The van der Waals surface area contributed by atoms with Gasteiger partial charge in [-0.3, -0.25) is 14.7 Å². The summed E-state index contributed by atoms with van der Waals surface area (Å²) in [5.41, 5.74) is 2.21. The van der Waals surface area contributed by atoms with Gasteiger partial charge in [0.15, 0.2) is 0 Å². The monoisotopic (exact) mass is 311 g/mol. The summed E-state index contributed by atoms with van der Waals surface area (Å²) in [4.78, 5) is 21.1. The van der Waals surface area contributed by atoms with Crippen LogP contribution in [0.3, 0.4) is 0 Å². The molecule has 5 heteroatoms. The molecule has 4 heterocycles. The van der Waals surface area contributed by atoms with E-state index in [4.69, 9.17) is 4.42 Å². The molecule has 0 bridgehead atoms. The van der Waals surface area contributed by atoms with Crippen molar-refractivity contribution in [1.82, 2.24) is 14.8 Å². The predicted octanol–water partition coefficient (Wildman–Crippen LogP) is 2.30. The zero-order chi connectivity index (χ0) is 15.7. The maximum Gasteiger partial charge on any atom is 0.231 e. The number of furan rings is 1. The Bertz CT molecular complexity index is 661. The standard InChI is InChI=1S/C18H21N3O2/c22-17-18(14-21(17)12-15-2-1-6-19-10-15)4-7-20(8-5-18)11-16-3-9-23-13-16/h1-3,6,9-10,13H,4-5,7-8,11-12,14H2. The van der Waals surface area contributed by atoms with Crippen LogP contribution in [0.4, 0.5) is 0 Å². The van der Waals surface area contributed by atoms with Gasteiger partial charge in [-0.2, -0.15) is 0 Å². The number of hydrogen-bond donors (Lipinski definition) is 0. The van der Waals surface area contributed by atoms with Gasteiger partial charge in [-0.15, -0.1) is 0 Å². The highest BCUT2D eigenvalue weighted by Gasteiger charge is 2.52. The van der Waals surface area contributed by atoms with E-state index >= 15 is 0 Å². The molecule has 2 aromatic heterocycles. The summed E-state index contributed by atoms with van der Waals surface area (Å²) in [6.07, 6.45) is 9.05. The molecule has 2 aliphatic rings. The first-order valence-corrected chi connectivity index (χ1v) is 8.17. The number of pyridine rings is 1. The number of rotatable bonds is 4. The number of β-lactam (4-membered cyclic amide) rings is 1.